The van der Waals surface area contributed by atoms with Gasteiger partial charge in [-0.15, -0.1) is 0 Å². The molecule has 3 aromatic carbocycles. The number of nitrogens with two attached hydrogens (primary N) is 2. The third kappa shape index (κ3) is 6.21. The minimum Gasteiger partial charge on any atom is -0.366 e. The maximum Gasteiger partial charge on any atom is 0.261 e. The Morgan fingerprint density at radius 3 is 2.00 bits per heavy atom. The van der Waals surface area contributed by atoms with Gasteiger partial charge in [-0.2, -0.15) is 0 Å². The zero-order valence-electron chi connectivity index (χ0n) is 17.5. The third-order valence-corrected chi connectivity index (χ3v) is 6.22. The van der Waals surface area contributed by atoms with Crippen molar-refractivity contribution in [1.82, 2.24) is 0 Å². The Kier molecular flexibility index (Phi) is 7.34. The number of hydrogen-bond acceptors (Lipinski definition) is 5. The van der Waals surface area contributed by atoms with Crippen LogP contribution >= 0.6 is 11.6 Å². The number of para-hydroxylation sites is 1. The molecule has 0 fully saturated rings. The molecule has 0 aliphatic heterocycles. The van der Waals surface area contributed by atoms with Crippen LogP contribution in [0.25, 0.3) is 6.08 Å². The van der Waals surface area contributed by atoms with E-state index < -0.39 is 27.7 Å². The molecular weight excluding hydrogens is 480 g/mol. The highest BCUT2D eigenvalue weighted by Crippen LogP contribution is 2.24. The van der Waals surface area contributed by atoms with Gasteiger partial charge in [0.05, 0.1) is 15.6 Å². The van der Waals surface area contributed by atoms with Crippen LogP contribution in [0.5, 0.6) is 0 Å². The molecule has 0 saturated heterocycles. The second-order valence-electron chi connectivity index (χ2n) is 7.00. The lowest BCUT2D eigenvalue weighted by Crippen LogP contribution is -2.17. The molecule has 11 heteroatoms. The molecule has 0 saturated carbocycles. The Hall–Kier alpha value is -4.15. The number of amides is 3. The van der Waals surface area contributed by atoms with Crippen LogP contribution < -0.4 is 21.5 Å². The molecule has 0 atom stereocenters. The van der Waals surface area contributed by atoms with Gasteiger partial charge < -0.3 is 16.8 Å². The quantitative estimate of drug-likeness (QED) is 0.350. The first-order valence-electron chi connectivity index (χ1n) is 9.66. The number of halogens is 1. The number of carbonyl (C=O) groups excluding carboxylic acids is 3. The highest BCUT2D eigenvalue weighted by Gasteiger charge is 2.15. The molecule has 9 nitrogen and oxygen atoms in total. The molecular formula is C23H19ClN4O5S. The molecule has 0 spiro atoms. The van der Waals surface area contributed by atoms with E-state index in [9.17, 15) is 22.8 Å². The highest BCUT2D eigenvalue weighted by atomic mass is 35.5. The van der Waals surface area contributed by atoms with Crippen molar-refractivity contribution in [2.45, 2.75) is 4.90 Å². The van der Waals surface area contributed by atoms with E-state index in [4.69, 9.17) is 23.1 Å². The van der Waals surface area contributed by atoms with E-state index in [-0.39, 0.29) is 32.4 Å². The van der Waals surface area contributed by atoms with E-state index >= 15 is 0 Å². The smallest absolute Gasteiger partial charge is 0.261 e. The standard InChI is InChI=1S/C23H19ClN4O5S/c24-19-3-1-2-4-20(19)28-34(32,33)18-8-5-14(6-9-18)7-10-21(29)27-17-12-15(22(25)30)11-16(13-17)23(26)31/h1-13,28H,(H2,25,30)(H2,26,31)(H,27,29). The van der Waals surface area contributed by atoms with Crippen LogP contribution in [0.3, 0.4) is 0 Å². The summed E-state index contributed by atoms with van der Waals surface area (Å²) in [6, 6.07) is 16.1. The van der Waals surface area contributed by atoms with E-state index in [1.165, 1.54) is 54.6 Å². The number of anilines is 2. The van der Waals surface area contributed by atoms with Crippen LogP contribution in [-0.2, 0) is 14.8 Å². The molecule has 3 aromatic rings. The molecule has 34 heavy (non-hydrogen) atoms. The zero-order chi connectivity index (χ0) is 24.9. The first-order chi connectivity index (χ1) is 16.0. The van der Waals surface area contributed by atoms with Gasteiger partial charge in [-0.05, 0) is 54.1 Å². The van der Waals surface area contributed by atoms with Gasteiger partial charge in [0.15, 0.2) is 0 Å². The van der Waals surface area contributed by atoms with Crippen LogP contribution in [0, 0.1) is 0 Å². The van der Waals surface area contributed by atoms with Crippen LogP contribution in [0.1, 0.15) is 26.3 Å². The summed E-state index contributed by atoms with van der Waals surface area (Å²) in [7, 11) is -3.86. The molecule has 0 aliphatic carbocycles. The van der Waals surface area contributed by atoms with Gasteiger partial charge in [0.1, 0.15) is 0 Å². The number of primary amides is 2. The number of nitrogens with one attached hydrogen (secondary N) is 2. The Labute approximate surface area is 200 Å². The second-order valence-corrected chi connectivity index (χ2v) is 9.09. The van der Waals surface area contributed by atoms with Crippen molar-refractivity contribution in [3.8, 4) is 0 Å². The molecule has 0 unspecified atom stereocenters. The molecule has 0 aliphatic rings. The fraction of sp³-hybridized carbons (Fsp3) is 0. The largest absolute Gasteiger partial charge is 0.366 e. The van der Waals surface area contributed by atoms with E-state index in [1.807, 2.05) is 0 Å². The van der Waals surface area contributed by atoms with Crippen molar-refractivity contribution in [2.75, 3.05) is 10.0 Å². The van der Waals surface area contributed by atoms with Crippen LogP contribution in [0.15, 0.2) is 77.7 Å². The van der Waals surface area contributed by atoms with Crippen molar-refractivity contribution in [1.29, 1.82) is 0 Å². The molecule has 6 N–H and O–H groups in total. The molecule has 0 heterocycles. The third-order valence-electron chi connectivity index (χ3n) is 4.51. The van der Waals surface area contributed by atoms with Crippen molar-refractivity contribution in [3.05, 3.63) is 94.5 Å². The lowest BCUT2D eigenvalue weighted by molar-refractivity contribution is -0.111. The summed E-state index contributed by atoms with van der Waals surface area (Å²) in [5, 5.41) is 2.78. The Balaban J connectivity index is 1.71. The minimum absolute atomic E-state index is 0.0104. The maximum atomic E-state index is 12.6. The summed E-state index contributed by atoms with van der Waals surface area (Å²) in [6.45, 7) is 0. The Bertz CT molecular complexity index is 1370. The van der Waals surface area contributed by atoms with E-state index in [1.54, 1.807) is 24.3 Å². The van der Waals surface area contributed by atoms with Gasteiger partial charge in [-0.3, -0.25) is 19.1 Å². The molecule has 0 bridgehead atoms. The minimum atomic E-state index is -3.86. The van der Waals surface area contributed by atoms with Crippen LogP contribution in [0.4, 0.5) is 11.4 Å². The second kappa shape index (κ2) is 10.2. The topological polar surface area (TPSA) is 161 Å². The van der Waals surface area contributed by atoms with Crippen molar-refractivity contribution >= 4 is 56.8 Å². The average molecular weight is 499 g/mol. The molecule has 0 aromatic heterocycles. The first kappa shape index (κ1) is 24.5. The van der Waals surface area contributed by atoms with Gasteiger partial charge in [-0.1, -0.05) is 35.9 Å². The first-order valence-corrected chi connectivity index (χ1v) is 11.5. The predicted molar refractivity (Wildman–Crippen MR) is 130 cm³/mol. The van der Waals surface area contributed by atoms with E-state index in [2.05, 4.69) is 10.0 Å². The number of hydrogen-bond donors (Lipinski definition) is 4. The normalized spacial score (nSPS) is 11.2. The zero-order valence-corrected chi connectivity index (χ0v) is 19.1. The van der Waals surface area contributed by atoms with Crippen molar-refractivity contribution in [3.63, 3.8) is 0 Å². The summed E-state index contributed by atoms with van der Waals surface area (Å²) in [4.78, 5) is 35.1. The van der Waals surface area contributed by atoms with Crippen molar-refractivity contribution in [2.24, 2.45) is 11.5 Å². The summed E-state index contributed by atoms with van der Waals surface area (Å²) in [5.74, 6) is -2.13. The molecule has 3 rings (SSSR count). The number of rotatable bonds is 8. The number of sulfonamides is 1. The predicted octanol–water partition coefficient (Wildman–Crippen LogP) is 2.99. The Morgan fingerprint density at radius 1 is 0.853 bits per heavy atom. The van der Waals surface area contributed by atoms with E-state index in [0.29, 0.717) is 5.56 Å². The van der Waals surface area contributed by atoms with E-state index in [0.717, 1.165) is 0 Å². The Morgan fingerprint density at radius 2 is 1.44 bits per heavy atom. The van der Waals surface area contributed by atoms with Gasteiger partial charge in [0.2, 0.25) is 17.7 Å². The molecule has 174 valence electrons. The maximum absolute atomic E-state index is 12.6. The lowest BCUT2D eigenvalue weighted by atomic mass is 10.1. The molecule has 3 amide bonds. The lowest BCUT2D eigenvalue weighted by Gasteiger charge is -2.09. The molecule has 0 radical (unpaired) electrons. The number of benzene rings is 3. The fourth-order valence-corrected chi connectivity index (χ4v) is 4.16. The monoisotopic (exact) mass is 498 g/mol. The fourth-order valence-electron chi connectivity index (χ4n) is 2.85. The summed E-state index contributed by atoms with van der Waals surface area (Å²) < 4.78 is 27.6. The number of carbonyl (C=O) groups is 3. The SMILES string of the molecule is NC(=O)c1cc(NC(=O)C=Cc2ccc(S(=O)(=O)Nc3ccccc3Cl)cc2)cc(C(N)=O)c1. The van der Waals surface area contributed by atoms with Gasteiger partial charge in [-0.25, -0.2) is 8.42 Å². The highest BCUT2D eigenvalue weighted by molar-refractivity contribution is 7.92. The summed E-state index contributed by atoms with van der Waals surface area (Å²) >= 11 is 6.00. The van der Waals surface area contributed by atoms with Crippen LogP contribution in [-0.4, -0.2) is 26.1 Å². The summed E-state index contributed by atoms with van der Waals surface area (Å²) in [6.07, 6.45) is 2.66. The van der Waals surface area contributed by atoms with Gasteiger partial charge in [0.25, 0.3) is 10.0 Å². The van der Waals surface area contributed by atoms with Crippen LogP contribution in [0.2, 0.25) is 5.02 Å². The van der Waals surface area contributed by atoms with Gasteiger partial charge >= 0.3 is 0 Å². The average Bonchev–Trinajstić information content (AvgIpc) is 2.79. The summed E-state index contributed by atoms with van der Waals surface area (Å²) in [5.41, 5.74) is 11.5. The van der Waals surface area contributed by atoms with Gasteiger partial charge in [0, 0.05) is 22.9 Å². The van der Waals surface area contributed by atoms with Crippen molar-refractivity contribution < 1.29 is 22.8 Å².